The van der Waals surface area contributed by atoms with Crippen molar-refractivity contribution in [1.82, 2.24) is 10.6 Å². The second kappa shape index (κ2) is 7.94. The SMILES string of the molecule is CCc1ccc(C(CO)NC(=O)CNC(=O)C(C)(C)C)cc1. The molecule has 0 fully saturated rings. The van der Waals surface area contributed by atoms with E-state index in [4.69, 9.17) is 0 Å². The van der Waals surface area contributed by atoms with E-state index in [1.807, 2.05) is 24.3 Å². The summed E-state index contributed by atoms with van der Waals surface area (Å²) >= 11 is 0. The molecule has 5 heteroatoms. The number of hydrogen-bond acceptors (Lipinski definition) is 3. The van der Waals surface area contributed by atoms with Crippen LogP contribution in [0.25, 0.3) is 0 Å². The number of rotatable bonds is 6. The Hall–Kier alpha value is -1.88. The van der Waals surface area contributed by atoms with Crippen LogP contribution in [0.1, 0.15) is 44.9 Å². The fourth-order valence-electron chi connectivity index (χ4n) is 1.89. The molecule has 0 saturated heterocycles. The Morgan fingerprint density at radius 3 is 2.23 bits per heavy atom. The van der Waals surface area contributed by atoms with Gasteiger partial charge in [0.15, 0.2) is 0 Å². The third-order valence-electron chi connectivity index (χ3n) is 3.40. The van der Waals surface area contributed by atoms with E-state index in [1.54, 1.807) is 20.8 Å². The summed E-state index contributed by atoms with van der Waals surface area (Å²) in [7, 11) is 0. The normalized spacial score (nSPS) is 12.6. The van der Waals surface area contributed by atoms with Gasteiger partial charge in [0, 0.05) is 5.41 Å². The summed E-state index contributed by atoms with van der Waals surface area (Å²) in [6.45, 7) is 7.13. The van der Waals surface area contributed by atoms with Crippen molar-refractivity contribution in [3.8, 4) is 0 Å². The predicted molar refractivity (Wildman–Crippen MR) is 86.3 cm³/mol. The van der Waals surface area contributed by atoms with Crippen LogP contribution < -0.4 is 10.6 Å². The largest absolute Gasteiger partial charge is 0.394 e. The average molecular weight is 306 g/mol. The zero-order chi connectivity index (χ0) is 16.8. The minimum Gasteiger partial charge on any atom is -0.394 e. The van der Waals surface area contributed by atoms with E-state index in [9.17, 15) is 14.7 Å². The summed E-state index contributed by atoms with van der Waals surface area (Å²) < 4.78 is 0. The summed E-state index contributed by atoms with van der Waals surface area (Å²) in [5.41, 5.74) is 1.51. The molecule has 5 nitrogen and oxygen atoms in total. The van der Waals surface area contributed by atoms with Crippen LogP contribution in [0.15, 0.2) is 24.3 Å². The van der Waals surface area contributed by atoms with Crippen LogP contribution in [0.4, 0.5) is 0 Å². The summed E-state index contributed by atoms with van der Waals surface area (Å²) in [5.74, 6) is -0.508. The molecule has 0 aliphatic heterocycles. The molecule has 122 valence electrons. The van der Waals surface area contributed by atoms with Gasteiger partial charge in [0.05, 0.1) is 19.2 Å². The number of hydrogen-bond donors (Lipinski definition) is 3. The number of aliphatic hydroxyl groups is 1. The van der Waals surface area contributed by atoms with Gasteiger partial charge in [0.25, 0.3) is 0 Å². The quantitative estimate of drug-likeness (QED) is 0.746. The first kappa shape index (κ1) is 18.2. The van der Waals surface area contributed by atoms with Crippen molar-refractivity contribution in [2.75, 3.05) is 13.2 Å². The molecule has 0 aliphatic carbocycles. The van der Waals surface area contributed by atoms with Gasteiger partial charge in [-0.3, -0.25) is 9.59 Å². The van der Waals surface area contributed by atoms with Gasteiger partial charge in [-0.15, -0.1) is 0 Å². The standard InChI is InChI=1S/C17H26N2O3/c1-5-12-6-8-13(9-7-12)14(11-20)19-15(21)10-18-16(22)17(2,3)4/h6-9,14,20H,5,10-11H2,1-4H3,(H,18,22)(H,19,21). The first-order valence-corrected chi connectivity index (χ1v) is 7.55. The maximum Gasteiger partial charge on any atom is 0.239 e. The maximum atomic E-state index is 11.9. The number of aliphatic hydroxyl groups excluding tert-OH is 1. The zero-order valence-electron chi connectivity index (χ0n) is 13.8. The van der Waals surface area contributed by atoms with Crippen LogP contribution >= 0.6 is 0 Å². The van der Waals surface area contributed by atoms with Crippen LogP contribution in [0.2, 0.25) is 0 Å². The molecule has 0 radical (unpaired) electrons. The third kappa shape index (κ3) is 5.48. The van der Waals surface area contributed by atoms with Gasteiger partial charge in [-0.05, 0) is 17.5 Å². The molecule has 0 aromatic heterocycles. The molecule has 2 amide bonds. The van der Waals surface area contributed by atoms with Crippen molar-refractivity contribution in [1.29, 1.82) is 0 Å². The van der Waals surface area contributed by atoms with Crippen LogP contribution in [0.5, 0.6) is 0 Å². The number of benzene rings is 1. The van der Waals surface area contributed by atoms with Gasteiger partial charge in [-0.1, -0.05) is 52.0 Å². The number of carbonyl (C=O) groups excluding carboxylic acids is 2. The van der Waals surface area contributed by atoms with Crippen molar-refractivity contribution in [3.05, 3.63) is 35.4 Å². The Morgan fingerprint density at radius 1 is 1.18 bits per heavy atom. The third-order valence-corrected chi connectivity index (χ3v) is 3.40. The fraction of sp³-hybridized carbons (Fsp3) is 0.529. The summed E-state index contributed by atoms with van der Waals surface area (Å²) in [6, 6.07) is 7.28. The Bertz CT molecular complexity index is 504. The first-order chi connectivity index (χ1) is 10.3. The molecule has 0 saturated carbocycles. The van der Waals surface area contributed by atoms with E-state index >= 15 is 0 Å². The van der Waals surface area contributed by atoms with E-state index in [0.29, 0.717) is 0 Å². The Kier molecular flexibility index (Phi) is 6.56. The van der Waals surface area contributed by atoms with E-state index in [1.165, 1.54) is 5.56 Å². The molecule has 1 atom stereocenters. The predicted octanol–water partition coefficient (Wildman–Crippen LogP) is 1.56. The van der Waals surface area contributed by atoms with Crippen molar-refractivity contribution in [3.63, 3.8) is 0 Å². The van der Waals surface area contributed by atoms with E-state index in [0.717, 1.165) is 12.0 Å². The van der Waals surface area contributed by atoms with E-state index in [-0.39, 0.29) is 25.0 Å². The highest BCUT2D eigenvalue weighted by Gasteiger charge is 2.22. The molecule has 22 heavy (non-hydrogen) atoms. The molecular weight excluding hydrogens is 280 g/mol. The van der Waals surface area contributed by atoms with Crippen molar-refractivity contribution in [2.45, 2.75) is 40.2 Å². The van der Waals surface area contributed by atoms with Crippen LogP contribution in [0, 0.1) is 5.41 Å². The van der Waals surface area contributed by atoms with Crippen LogP contribution in [0.3, 0.4) is 0 Å². The van der Waals surface area contributed by atoms with Gasteiger partial charge in [0.1, 0.15) is 0 Å². The monoisotopic (exact) mass is 306 g/mol. The van der Waals surface area contributed by atoms with E-state index in [2.05, 4.69) is 17.6 Å². The molecule has 0 spiro atoms. The topological polar surface area (TPSA) is 78.4 Å². The average Bonchev–Trinajstić information content (AvgIpc) is 2.49. The Balaban J connectivity index is 2.58. The molecule has 1 rings (SSSR count). The van der Waals surface area contributed by atoms with Gasteiger partial charge < -0.3 is 15.7 Å². The van der Waals surface area contributed by atoms with Gasteiger partial charge >= 0.3 is 0 Å². The van der Waals surface area contributed by atoms with Gasteiger partial charge in [-0.25, -0.2) is 0 Å². The Labute approximate surface area is 132 Å². The zero-order valence-corrected chi connectivity index (χ0v) is 13.8. The highest BCUT2D eigenvalue weighted by atomic mass is 16.3. The minimum absolute atomic E-state index is 0.0976. The maximum absolute atomic E-state index is 11.9. The Morgan fingerprint density at radius 2 is 1.77 bits per heavy atom. The lowest BCUT2D eigenvalue weighted by Crippen LogP contribution is -2.43. The lowest BCUT2D eigenvalue weighted by atomic mass is 9.96. The van der Waals surface area contributed by atoms with Gasteiger partial charge in [0.2, 0.25) is 11.8 Å². The molecule has 0 bridgehead atoms. The smallest absolute Gasteiger partial charge is 0.239 e. The highest BCUT2D eigenvalue weighted by Crippen LogP contribution is 2.14. The van der Waals surface area contributed by atoms with Crippen LogP contribution in [-0.4, -0.2) is 30.1 Å². The molecule has 0 heterocycles. The van der Waals surface area contributed by atoms with Crippen LogP contribution in [-0.2, 0) is 16.0 Å². The fourth-order valence-corrected chi connectivity index (χ4v) is 1.89. The second-order valence-corrected chi connectivity index (χ2v) is 6.33. The molecule has 0 aliphatic rings. The summed E-state index contributed by atoms with van der Waals surface area (Å²) in [6.07, 6.45) is 0.940. The first-order valence-electron chi connectivity index (χ1n) is 7.55. The summed E-state index contributed by atoms with van der Waals surface area (Å²) in [5, 5.41) is 14.8. The van der Waals surface area contributed by atoms with Crippen molar-refractivity contribution >= 4 is 11.8 Å². The molecule has 1 aromatic rings. The molecule has 3 N–H and O–H groups in total. The molecule has 1 aromatic carbocycles. The van der Waals surface area contributed by atoms with Gasteiger partial charge in [-0.2, -0.15) is 0 Å². The molecule has 1 unspecified atom stereocenters. The number of aryl methyl sites for hydroxylation is 1. The lowest BCUT2D eigenvalue weighted by molar-refractivity contribution is -0.131. The minimum atomic E-state index is -0.535. The highest BCUT2D eigenvalue weighted by molar-refractivity contribution is 5.87. The van der Waals surface area contributed by atoms with E-state index < -0.39 is 11.5 Å². The number of nitrogens with one attached hydrogen (secondary N) is 2. The van der Waals surface area contributed by atoms with Crippen molar-refractivity contribution in [2.24, 2.45) is 5.41 Å². The molecular formula is C17H26N2O3. The second-order valence-electron chi connectivity index (χ2n) is 6.33. The lowest BCUT2D eigenvalue weighted by Gasteiger charge is -2.20. The van der Waals surface area contributed by atoms with Crippen molar-refractivity contribution < 1.29 is 14.7 Å². The summed E-state index contributed by atoms with van der Waals surface area (Å²) in [4.78, 5) is 23.6. The number of amides is 2. The number of carbonyl (C=O) groups is 2.